The van der Waals surface area contributed by atoms with Crippen LogP contribution in [-0.4, -0.2) is 23.8 Å². The smallest absolute Gasteiger partial charge is 0.242 e. The number of rotatable bonds is 4. The lowest BCUT2D eigenvalue weighted by Crippen LogP contribution is -2.54. The average Bonchev–Trinajstić information content (AvgIpc) is 3.28. The molecule has 6 rings (SSSR count). The van der Waals surface area contributed by atoms with Crippen molar-refractivity contribution in [2.45, 2.75) is 58.8 Å². The minimum atomic E-state index is 0.00200. The second-order valence-electron chi connectivity index (χ2n) is 12.2. The third-order valence-electron chi connectivity index (χ3n) is 10.6. The van der Waals surface area contributed by atoms with Gasteiger partial charge in [-0.15, -0.1) is 0 Å². The molecule has 0 aromatic heterocycles. The van der Waals surface area contributed by atoms with Crippen molar-refractivity contribution >= 4 is 23.2 Å². The molecular weight excluding hydrogens is 458 g/mol. The highest BCUT2D eigenvalue weighted by atomic mass is 16.2. The molecular formula is C32H39N3O2. The quantitative estimate of drug-likeness (QED) is 0.493. The van der Waals surface area contributed by atoms with Gasteiger partial charge in [0.2, 0.25) is 11.8 Å². The number of nitrogens with one attached hydrogen (secondary N) is 1. The maximum Gasteiger partial charge on any atom is 0.242 e. The van der Waals surface area contributed by atoms with Crippen LogP contribution in [0.3, 0.4) is 0 Å². The maximum absolute atomic E-state index is 14.0. The number of amides is 2. The van der Waals surface area contributed by atoms with E-state index in [4.69, 9.17) is 0 Å². The second kappa shape index (κ2) is 9.04. The molecule has 0 radical (unpaired) electrons. The number of para-hydroxylation sites is 2. The van der Waals surface area contributed by atoms with E-state index < -0.39 is 0 Å². The summed E-state index contributed by atoms with van der Waals surface area (Å²) in [7, 11) is 1.96. The van der Waals surface area contributed by atoms with E-state index >= 15 is 0 Å². The van der Waals surface area contributed by atoms with Crippen molar-refractivity contribution in [2.24, 2.45) is 34.5 Å². The molecule has 4 aliphatic rings. The Bertz CT molecular complexity index is 1170. The molecule has 1 N–H and O–H groups in total. The summed E-state index contributed by atoms with van der Waals surface area (Å²) in [5, 5.41) is 1.94. The number of hydrogen-bond donors (Lipinski definition) is 1. The fraction of sp³-hybridized carbons (Fsp3) is 0.500. The molecule has 1 unspecified atom stereocenters. The highest BCUT2D eigenvalue weighted by Crippen LogP contribution is 2.66. The van der Waals surface area contributed by atoms with E-state index in [0.717, 1.165) is 49.9 Å². The number of fused-ring (bicyclic) bond motifs is 5. The molecule has 1 saturated heterocycles. The number of allylic oxidation sites excluding steroid dienone is 2. The number of anilines is 2. The first kappa shape index (κ1) is 24.3. The summed E-state index contributed by atoms with van der Waals surface area (Å²) >= 11 is 0. The zero-order valence-corrected chi connectivity index (χ0v) is 22.3. The molecule has 0 bridgehead atoms. The summed E-state index contributed by atoms with van der Waals surface area (Å²) in [6.45, 7) is 4.79. The van der Waals surface area contributed by atoms with Crippen molar-refractivity contribution in [1.82, 2.24) is 10.3 Å². The summed E-state index contributed by atoms with van der Waals surface area (Å²) in [4.78, 5) is 28.3. The van der Waals surface area contributed by atoms with E-state index in [-0.39, 0.29) is 28.6 Å². The molecule has 3 fully saturated rings. The van der Waals surface area contributed by atoms with Crippen molar-refractivity contribution in [3.63, 3.8) is 0 Å². The molecule has 0 spiro atoms. The van der Waals surface area contributed by atoms with E-state index in [1.54, 1.807) is 0 Å². The van der Waals surface area contributed by atoms with Gasteiger partial charge >= 0.3 is 0 Å². The molecule has 194 valence electrons. The fourth-order valence-electron chi connectivity index (χ4n) is 8.63. The van der Waals surface area contributed by atoms with Crippen LogP contribution in [0.15, 0.2) is 72.4 Å². The number of carbonyl (C=O) groups is 2. The Balaban J connectivity index is 1.25. The van der Waals surface area contributed by atoms with Crippen molar-refractivity contribution in [3.05, 3.63) is 72.4 Å². The number of benzene rings is 2. The highest BCUT2D eigenvalue weighted by Gasteiger charge is 2.60. The van der Waals surface area contributed by atoms with Crippen LogP contribution in [0, 0.1) is 34.5 Å². The summed E-state index contributed by atoms with van der Waals surface area (Å²) in [5.41, 5.74) is 6.57. The van der Waals surface area contributed by atoms with Gasteiger partial charge in [-0.25, -0.2) is 0 Å². The lowest BCUT2D eigenvalue weighted by atomic mass is 9.49. The topological polar surface area (TPSA) is 52.7 Å². The zero-order valence-electron chi connectivity index (χ0n) is 22.3. The molecule has 37 heavy (non-hydrogen) atoms. The van der Waals surface area contributed by atoms with Crippen LogP contribution in [0.5, 0.6) is 0 Å². The van der Waals surface area contributed by atoms with E-state index in [1.807, 2.05) is 77.6 Å². The summed E-state index contributed by atoms with van der Waals surface area (Å²) < 4.78 is 0. The number of carbonyl (C=O) groups excluding carboxylic acids is 2. The molecule has 3 aliphatic carbocycles. The van der Waals surface area contributed by atoms with Crippen molar-refractivity contribution in [3.8, 4) is 0 Å². The number of nitrogens with zero attached hydrogens (tertiary/aromatic N) is 2. The van der Waals surface area contributed by atoms with Crippen LogP contribution in [0.25, 0.3) is 0 Å². The van der Waals surface area contributed by atoms with Gasteiger partial charge < -0.3 is 4.90 Å². The summed E-state index contributed by atoms with van der Waals surface area (Å²) in [5.74, 6) is 2.11. The number of hydrogen-bond acceptors (Lipinski definition) is 3. The molecule has 5 nitrogen and oxygen atoms in total. The van der Waals surface area contributed by atoms with Gasteiger partial charge in [0, 0.05) is 30.5 Å². The van der Waals surface area contributed by atoms with Crippen molar-refractivity contribution in [2.75, 3.05) is 12.1 Å². The minimum absolute atomic E-state index is 0.00200. The fourth-order valence-corrected chi connectivity index (χ4v) is 8.63. The van der Waals surface area contributed by atoms with Gasteiger partial charge in [-0.1, -0.05) is 56.3 Å². The van der Waals surface area contributed by atoms with Crippen LogP contribution in [0.2, 0.25) is 0 Å². The first-order chi connectivity index (χ1) is 17.8. The molecule has 2 aromatic carbocycles. The van der Waals surface area contributed by atoms with Crippen LogP contribution in [0.1, 0.15) is 58.8 Å². The molecule has 2 saturated carbocycles. The first-order valence-electron chi connectivity index (χ1n) is 14.0. The first-order valence-corrected chi connectivity index (χ1v) is 14.0. The largest absolute Gasteiger partial charge is 0.319 e. The number of hydrazine groups is 1. The van der Waals surface area contributed by atoms with Gasteiger partial charge in [0.05, 0.1) is 11.4 Å². The SMILES string of the molecule is CN1C(=O)CC[C@@]2(C)C1=CC[C@@H]1[C@H]2CC[C@]2(C)C(C(=O)NN(c3ccccc3)c3ccccc3)CC[C@@H]12. The molecule has 1 heterocycles. The van der Waals surface area contributed by atoms with Crippen LogP contribution < -0.4 is 10.4 Å². The molecule has 1 aliphatic heterocycles. The summed E-state index contributed by atoms with van der Waals surface area (Å²) in [6.07, 6.45) is 9.27. The van der Waals surface area contributed by atoms with Gasteiger partial charge in [-0.3, -0.25) is 20.0 Å². The lowest BCUT2D eigenvalue weighted by Gasteiger charge is -2.58. The average molecular weight is 498 g/mol. The van der Waals surface area contributed by atoms with E-state index in [2.05, 4.69) is 25.3 Å². The van der Waals surface area contributed by atoms with E-state index in [9.17, 15) is 9.59 Å². The number of likely N-dealkylation sites (tertiary alicyclic amines) is 1. The Labute approximate surface area is 220 Å². The van der Waals surface area contributed by atoms with Crippen LogP contribution in [-0.2, 0) is 9.59 Å². The normalized spacial score (nSPS) is 34.6. The Morgan fingerprint density at radius 3 is 2.22 bits per heavy atom. The highest BCUT2D eigenvalue weighted by molar-refractivity contribution is 5.84. The Morgan fingerprint density at radius 1 is 0.919 bits per heavy atom. The predicted octanol–water partition coefficient (Wildman–Crippen LogP) is 6.46. The van der Waals surface area contributed by atoms with Gasteiger partial charge in [0.1, 0.15) is 0 Å². The predicted molar refractivity (Wildman–Crippen MR) is 147 cm³/mol. The molecule has 2 amide bonds. The van der Waals surface area contributed by atoms with Gasteiger partial charge in [-0.2, -0.15) is 0 Å². The number of piperidine rings is 1. The van der Waals surface area contributed by atoms with Gasteiger partial charge in [0.15, 0.2) is 0 Å². The summed E-state index contributed by atoms with van der Waals surface area (Å²) in [6, 6.07) is 20.2. The molecule has 6 atom stereocenters. The van der Waals surface area contributed by atoms with Crippen LogP contribution in [0.4, 0.5) is 11.4 Å². The monoisotopic (exact) mass is 497 g/mol. The standard InChI is InChI=1S/C32H39N3O2/c1-31-20-18-26-24(14-17-28-32(26,2)21-19-29(36)34(28)3)25(31)15-16-27(31)30(37)33-35(22-10-6-4-7-11-22)23-12-8-5-9-13-23/h4-13,17,24-27H,14-16,18-21H2,1-3H3,(H,33,37)/t24-,25-,26+,27?,31-,32+/m0/s1. The molecule has 2 aromatic rings. The Morgan fingerprint density at radius 2 is 1.57 bits per heavy atom. The van der Waals surface area contributed by atoms with Crippen molar-refractivity contribution < 1.29 is 9.59 Å². The third kappa shape index (κ3) is 3.81. The minimum Gasteiger partial charge on any atom is -0.319 e. The Kier molecular flexibility index (Phi) is 5.93. The third-order valence-corrected chi connectivity index (χ3v) is 10.6. The van der Waals surface area contributed by atoms with E-state index in [1.165, 1.54) is 5.70 Å². The Hall–Kier alpha value is -3.08. The second-order valence-corrected chi connectivity index (χ2v) is 12.2. The lowest BCUT2D eigenvalue weighted by molar-refractivity contribution is -0.138. The van der Waals surface area contributed by atoms with Crippen molar-refractivity contribution in [1.29, 1.82) is 0 Å². The van der Waals surface area contributed by atoms with Crippen LogP contribution >= 0.6 is 0 Å². The van der Waals surface area contributed by atoms with Gasteiger partial charge in [0.25, 0.3) is 0 Å². The van der Waals surface area contributed by atoms with Gasteiger partial charge in [-0.05, 0) is 86.0 Å². The van der Waals surface area contributed by atoms with E-state index in [0.29, 0.717) is 24.2 Å². The zero-order chi connectivity index (χ0) is 25.8. The molecule has 5 heteroatoms. The maximum atomic E-state index is 14.0.